The largest absolute Gasteiger partial charge is 0.361 e. The molecule has 1 unspecified atom stereocenters. The van der Waals surface area contributed by atoms with E-state index in [1.54, 1.807) is 0 Å². The predicted octanol–water partition coefficient (Wildman–Crippen LogP) is 3.24. The Bertz CT molecular complexity index is 593. The van der Waals surface area contributed by atoms with Crippen LogP contribution in [0.1, 0.15) is 56.1 Å². The molecule has 20 heavy (non-hydrogen) atoms. The first-order chi connectivity index (χ1) is 9.65. The second-order valence-corrected chi connectivity index (χ2v) is 5.65. The van der Waals surface area contributed by atoms with E-state index in [4.69, 9.17) is 4.52 Å². The first kappa shape index (κ1) is 13.1. The molecule has 2 aromatic rings. The Morgan fingerprint density at radius 3 is 2.95 bits per heavy atom. The molecule has 1 atom stereocenters. The van der Waals surface area contributed by atoms with Crippen LogP contribution in [0.25, 0.3) is 0 Å². The zero-order chi connectivity index (χ0) is 14.1. The van der Waals surface area contributed by atoms with Crippen molar-refractivity contribution < 1.29 is 4.52 Å². The molecule has 0 N–H and O–H groups in total. The summed E-state index contributed by atoms with van der Waals surface area (Å²) in [4.78, 5) is 11.2. The monoisotopic (exact) mass is 272 g/mol. The molecule has 5 heteroatoms. The van der Waals surface area contributed by atoms with Crippen LogP contribution in [-0.2, 0) is 0 Å². The number of pyridine rings is 1. The Labute approximate surface area is 119 Å². The van der Waals surface area contributed by atoms with E-state index in [1.807, 2.05) is 13.1 Å². The predicted molar refractivity (Wildman–Crippen MR) is 76.7 cm³/mol. The summed E-state index contributed by atoms with van der Waals surface area (Å²) in [5, 5.41) is 4.17. The van der Waals surface area contributed by atoms with Crippen molar-refractivity contribution in [2.45, 2.75) is 45.6 Å². The molecule has 3 heterocycles. The third kappa shape index (κ3) is 2.40. The van der Waals surface area contributed by atoms with Gasteiger partial charge < -0.3 is 9.42 Å². The van der Waals surface area contributed by atoms with Crippen molar-refractivity contribution in [1.82, 2.24) is 15.1 Å². The standard InChI is InChI=1S/C15H20N4O/c1-10(2)15-17-14(18-20-15)13-5-4-8-19(13)12-6-7-16-11(3)9-12/h6-7,9-10,13H,4-5,8H2,1-3H3. The van der Waals surface area contributed by atoms with Crippen LogP contribution in [-0.4, -0.2) is 21.7 Å². The zero-order valence-corrected chi connectivity index (χ0v) is 12.2. The van der Waals surface area contributed by atoms with Crippen molar-refractivity contribution in [3.63, 3.8) is 0 Å². The van der Waals surface area contributed by atoms with Gasteiger partial charge in [-0.25, -0.2) is 0 Å². The number of anilines is 1. The van der Waals surface area contributed by atoms with E-state index in [0.717, 1.165) is 36.8 Å². The van der Waals surface area contributed by atoms with Gasteiger partial charge in [-0.15, -0.1) is 0 Å². The summed E-state index contributed by atoms with van der Waals surface area (Å²) >= 11 is 0. The lowest BCUT2D eigenvalue weighted by molar-refractivity contribution is 0.358. The van der Waals surface area contributed by atoms with Gasteiger partial charge in [0.25, 0.3) is 0 Å². The normalized spacial score (nSPS) is 19.0. The summed E-state index contributed by atoms with van der Waals surface area (Å²) in [6, 6.07) is 4.38. The summed E-state index contributed by atoms with van der Waals surface area (Å²) in [6.07, 6.45) is 4.08. The second-order valence-electron chi connectivity index (χ2n) is 5.65. The molecular formula is C15H20N4O. The molecule has 1 aliphatic rings. The quantitative estimate of drug-likeness (QED) is 0.858. The minimum atomic E-state index is 0.216. The van der Waals surface area contributed by atoms with Gasteiger partial charge >= 0.3 is 0 Å². The summed E-state index contributed by atoms with van der Waals surface area (Å²) in [7, 11) is 0. The molecule has 1 fully saturated rings. The number of hydrogen-bond donors (Lipinski definition) is 0. The van der Waals surface area contributed by atoms with Gasteiger partial charge in [-0.3, -0.25) is 4.98 Å². The van der Waals surface area contributed by atoms with E-state index in [9.17, 15) is 0 Å². The van der Waals surface area contributed by atoms with Crippen LogP contribution in [0, 0.1) is 6.92 Å². The second kappa shape index (κ2) is 5.23. The molecule has 1 aliphatic heterocycles. The third-order valence-electron chi connectivity index (χ3n) is 3.71. The lowest BCUT2D eigenvalue weighted by Gasteiger charge is -2.24. The number of aryl methyl sites for hydroxylation is 1. The molecule has 0 bridgehead atoms. The van der Waals surface area contributed by atoms with Gasteiger partial charge in [-0.05, 0) is 31.9 Å². The zero-order valence-electron chi connectivity index (χ0n) is 12.2. The maximum absolute atomic E-state index is 5.35. The number of hydrogen-bond acceptors (Lipinski definition) is 5. The Morgan fingerprint density at radius 2 is 2.25 bits per heavy atom. The lowest BCUT2D eigenvalue weighted by atomic mass is 10.2. The number of nitrogens with zero attached hydrogens (tertiary/aromatic N) is 4. The van der Waals surface area contributed by atoms with Gasteiger partial charge in [0, 0.05) is 30.0 Å². The average Bonchev–Trinajstić information content (AvgIpc) is 3.07. The lowest BCUT2D eigenvalue weighted by Crippen LogP contribution is -2.23. The molecule has 0 spiro atoms. The van der Waals surface area contributed by atoms with Crippen molar-refractivity contribution in [2.24, 2.45) is 0 Å². The summed E-state index contributed by atoms with van der Waals surface area (Å²) in [6.45, 7) is 7.17. The highest BCUT2D eigenvalue weighted by Gasteiger charge is 2.30. The molecule has 2 aromatic heterocycles. The maximum atomic E-state index is 5.35. The van der Waals surface area contributed by atoms with E-state index < -0.39 is 0 Å². The van der Waals surface area contributed by atoms with Gasteiger partial charge in [0.2, 0.25) is 5.89 Å². The SMILES string of the molecule is Cc1cc(N2CCCC2c2noc(C(C)C)n2)ccn1. The maximum Gasteiger partial charge on any atom is 0.229 e. The molecule has 0 aromatic carbocycles. The first-order valence-electron chi connectivity index (χ1n) is 7.18. The Balaban J connectivity index is 1.88. The summed E-state index contributed by atoms with van der Waals surface area (Å²) in [5.41, 5.74) is 2.22. The van der Waals surface area contributed by atoms with Gasteiger partial charge in [0.05, 0.1) is 6.04 Å². The minimum absolute atomic E-state index is 0.216. The Kier molecular flexibility index (Phi) is 3.42. The highest BCUT2D eigenvalue weighted by Crippen LogP contribution is 2.35. The summed E-state index contributed by atoms with van der Waals surface area (Å²) < 4.78 is 5.35. The minimum Gasteiger partial charge on any atom is -0.361 e. The molecule has 1 saturated heterocycles. The number of aromatic nitrogens is 3. The van der Waals surface area contributed by atoms with Crippen LogP contribution in [0.2, 0.25) is 0 Å². The molecule has 106 valence electrons. The van der Waals surface area contributed by atoms with Crippen LogP contribution in [0.15, 0.2) is 22.9 Å². The Hall–Kier alpha value is -1.91. The van der Waals surface area contributed by atoms with Crippen LogP contribution in [0.4, 0.5) is 5.69 Å². The van der Waals surface area contributed by atoms with Crippen molar-refractivity contribution in [1.29, 1.82) is 0 Å². The van der Waals surface area contributed by atoms with E-state index in [-0.39, 0.29) is 12.0 Å². The first-order valence-corrected chi connectivity index (χ1v) is 7.18. The van der Waals surface area contributed by atoms with Crippen LogP contribution < -0.4 is 4.90 Å². The topological polar surface area (TPSA) is 55.1 Å². The fraction of sp³-hybridized carbons (Fsp3) is 0.533. The van der Waals surface area contributed by atoms with E-state index in [1.165, 1.54) is 5.69 Å². The molecular weight excluding hydrogens is 252 g/mol. The smallest absolute Gasteiger partial charge is 0.229 e. The molecule has 5 nitrogen and oxygen atoms in total. The van der Waals surface area contributed by atoms with Crippen LogP contribution in [0.5, 0.6) is 0 Å². The molecule has 3 rings (SSSR count). The van der Waals surface area contributed by atoms with Crippen LogP contribution >= 0.6 is 0 Å². The molecule has 0 amide bonds. The van der Waals surface area contributed by atoms with E-state index >= 15 is 0 Å². The van der Waals surface area contributed by atoms with Crippen molar-refractivity contribution >= 4 is 5.69 Å². The average molecular weight is 272 g/mol. The van der Waals surface area contributed by atoms with Gasteiger partial charge in [-0.2, -0.15) is 4.98 Å². The van der Waals surface area contributed by atoms with Gasteiger partial charge in [-0.1, -0.05) is 19.0 Å². The van der Waals surface area contributed by atoms with E-state index in [0.29, 0.717) is 0 Å². The van der Waals surface area contributed by atoms with Crippen molar-refractivity contribution in [3.8, 4) is 0 Å². The molecule has 0 saturated carbocycles. The van der Waals surface area contributed by atoms with Crippen molar-refractivity contribution in [2.75, 3.05) is 11.4 Å². The highest BCUT2D eigenvalue weighted by atomic mass is 16.5. The molecule has 0 radical (unpaired) electrons. The summed E-state index contributed by atoms with van der Waals surface area (Å²) in [5.74, 6) is 1.80. The van der Waals surface area contributed by atoms with Gasteiger partial charge in [0.15, 0.2) is 5.82 Å². The fourth-order valence-electron chi connectivity index (χ4n) is 2.67. The third-order valence-corrected chi connectivity index (χ3v) is 3.71. The van der Waals surface area contributed by atoms with Crippen molar-refractivity contribution in [3.05, 3.63) is 35.7 Å². The highest BCUT2D eigenvalue weighted by molar-refractivity contribution is 5.49. The molecule has 0 aliphatic carbocycles. The van der Waals surface area contributed by atoms with Crippen LogP contribution in [0.3, 0.4) is 0 Å². The fourth-order valence-corrected chi connectivity index (χ4v) is 2.67. The number of rotatable bonds is 3. The Morgan fingerprint density at radius 1 is 1.40 bits per heavy atom. The van der Waals surface area contributed by atoms with Gasteiger partial charge in [0.1, 0.15) is 0 Å². The van der Waals surface area contributed by atoms with E-state index in [2.05, 4.69) is 46.0 Å².